The van der Waals surface area contributed by atoms with E-state index in [0.717, 1.165) is 22.6 Å². The van der Waals surface area contributed by atoms with E-state index >= 15 is 0 Å². The minimum Gasteiger partial charge on any atom is -0.497 e. The molecule has 1 amide bonds. The number of hydrogen-bond donors (Lipinski definition) is 1. The Hall–Kier alpha value is -2.33. The summed E-state index contributed by atoms with van der Waals surface area (Å²) in [6, 6.07) is 15.4. The van der Waals surface area contributed by atoms with E-state index in [9.17, 15) is 4.79 Å². The fourth-order valence-corrected chi connectivity index (χ4v) is 2.88. The average Bonchev–Trinajstić information content (AvgIpc) is 2.79. The molecule has 3 rings (SSSR count). The molecule has 1 aliphatic heterocycles. The van der Waals surface area contributed by atoms with Gasteiger partial charge in [0.05, 0.1) is 7.11 Å². The molecular formula is C19H22N2O2. The molecule has 4 heteroatoms. The fraction of sp³-hybridized carbons (Fsp3) is 0.316. The molecule has 1 atom stereocenters. The quantitative estimate of drug-likeness (QED) is 0.939. The van der Waals surface area contributed by atoms with Crippen molar-refractivity contribution >= 4 is 11.6 Å². The summed E-state index contributed by atoms with van der Waals surface area (Å²) in [7, 11) is 1.63. The van der Waals surface area contributed by atoms with Crippen LogP contribution in [0.4, 0.5) is 5.69 Å². The number of rotatable bonds is 3. The number of amides is 1. The average molecular weight is 310 g/mol. The van der Waals surface area contributed by atoms with Crippen molar-refractivity contribution in [2.75, 3.05) is 12.0 Å². The van der Waals surface area contributed by atoms with E-state index in [0.29, 0.717) is 0 Å². The molecule has 1 heterocycles. The van der Waals surface area contributed by atoms with Gasteiger partial charge in [0.2, 0.25) is 0 Å². The number of hydrogen-bond acceptors (Lipinski definition) is 3. The van der Waals surface area contributed by atoms with E-state index in [4.69, 9.17) is 4.74 Å². The van der Waals surface area contributed by atoms with Crippen LogP contribution in [0.3, 0.4) is 0 Å². The molecule has 2 aromatic rings. The lowest BCUT2D eigenvalue weighted by Gasteiger charge is -2.32. The van der Waals surface area contributed by atoms with Crippen LogP contribution in [0.15, 0.2) is 48.5 Å². The molecule has 2 aromatic carbocycles. The first-order valence-electron chi connectivity index (χ1n) is 7.75. The van der Waals surface area contributed by atoms with Crippen LogP contribution in [0.1, 0.15) is 42.9 Å². The van der Waals surface area contributed by atoms with Crippen molar-refractivity contribution in [1.82, 2.24) is 5.32 Å². The van der Waals surface area contributed by atoms with E-state index < -0.39 is 0 Å². The van der Waals surface area contributed by atoms with Gasteiger partial charge in [0.25, 0.3) is 5.91 Å². The molecule has 120 valence electrons. The van der Waals surface area contributed by atoms with Gasteiger partial charge in [-0.25, -0.2) is 0 Å². The van der Waals surface area contributed by atoms with Gasteiger partial charge >= 0.3 is 0 Å². The molecule has 23 heavy (non-hydrogen) atoms. The summed E-state index contributed by atoms with van der Waals surface area (Å²) in [6.07, 6.45) is -0.174. The molecule has 1 unspecified atom stereocenters. The van der Waals surface area contributed by atoms with Crippen LogP contribution in [-0.4, -0.2) is 18.6 Å². The highest BCUT2D eigenvalue weighted by Gasteiger charge is 2.38. The first-order chi connectivity index (χ1) is 10.9. The van der Waals surface area contributed by atoms with Crippen LogP contribution in [0, 0.1) is 0 Å². The molecule has 1 N–H and O–H groups in total. The molecule has 0 saturated heterocycles. The van der Waals surface area contributed by atoms with Gasteiger partial charge in [0.15, 0.2) is 0 Å². The Kier molecular flexibility index (Phi) is 3.86. The van der Waals surface area contributed by atoms with Gasteiger partial charge in [-0.05, 0) is 51.1 Å². The molecule has 0 spiro atoms. The van der Waals surface area contributed by atoms with Crippen molar-refractivity contribution < 1.29 is 9.53 Å². The van der Waals surface area contributed by atoms with E-state index in [-0.39, 0.29) is 17.6 Å². The smallest absolute Gasteiger partial charge is 0.260 e. The lowest BCUT2D eigenvalue weighted by atomic mass is 10.0. The summed E-state index contributed by atoms with van der Waals surface area (Å²) in [5.41, 5.74) is 2.51. The minimum atomic E-state index is -0.174. The van der Waals surface area contributed by atoms with E-state index in [1.54, 1.807) is 7.11 Å². The highest BCUT2D eigenvalue weighted by molar-refractivity contribution is 6.11. The Balaban J connectivity index is 2.04. The van der Waals surface area contributed by atoms with Crippen LogP contribution in [0.5, 0.6) is 5.75 Å². The van der Waals surface area contributed by atoms with Crippen molar-refractivity contribution in [3.8, 4) is 5.75 Å². The van der Waals surface area contributed by atoms with Crippen LogP contribution in [0.2, 0.25) is 0 Å². The highest BCUT2D eigenvalue weighted by Crippen LogP contribution is 2.37. The second kappa shape index (κ2) is 5.70. The SMILES string of the molecule is COc1ccc(N2C(=O)c3ccccc3C2NC(C)(C)C)cc1. The third-order valence-electron chi connectivity index (χ3n) is 3.88. The van der Waals surface area contributed by atoms with Crippen LogP contribution >= 0.6 is 0 Å². The van der Waals surface area contributed by atoms with Crippen LogP contribution in [-0.2, 0) is 0 Å². The van der Waals surface area contributed by atoms with Crippen molar-refractivity contribution in [2.45, 2.75) is 32.5 Å². The summed E-state index contributed by atoms with van der Waals surface area (Å²) in [4.78, 5) is 14.7. The van der Waals surface area contributed by atoms with Gasteiger partial charge in [0, 0.05) is 22.4 Å². The Morgan fingerprint density at radius 3 is 2.30 bits per heavy atom. The molecule has 0 aliphatic carbocycles. The Morgan fingerprint density at radius 1 is 1.04 bits per heavy atom. The topological polar surface area (TPSA) is 41.6 Å². The number of fused-ring (bicyclic) bond motifs is 1. The maximum atomic E-state index is 12.9. The normalized spacial score (nSPS) is 17.3. The number of nitrogens with zero attached hydrogens (tertiary/aromatic N) is 1. The molecule has 0 radical (unpaired) electrons. The standard InChI is InChI=1S/C19H22N2O2/c1-19(2,3)20-17-15-7-5-6-8-16(15)18(22)21(17)13-9-11-14(23-4)12-10-13/h5-12,17,20H,1-4H3. The molecule has 0 aromatic heterocycles. The number of carbonyl (C=O) groups excluding carboxylic acids is 1. The molecular weight excluding hydrogens is 288 g/mol. The maximum Gasteiger partial charge on any atom is 0.260 e. The molecule has 0 saturated carbocycles. The number of methoxy groups -OCH3 is 1. The number of nitrogens with one attached hydrogen (secondary N) is 1. The third-order valence-corrected chi connectivity index (χ3v) is 3.88. The van der Waals surface area contributed by atoms with Crippen molar-refractivity contribution in [1.29, 1.82) is 0 Å². The van der Waals surface area contributed by atoms with Crippen LogP contribution < -0.4 is 15.0 Å². The Bertz CT molecular complexity index is 717. The van der Waals surface area contributed by atoms with Gasteiger partial charge in [-0.3, -0.25) is 15.0 Å². The number of anilines is 1. The van der Waals surface area contributed by atoms with Gasteiger partial charge in [-0.1, -0.05) is 18.2 Å². The first-order valence-corrected chi connectivity index (χ1v) is 7.75. The zero-order valence-corrected chi connectivity index (χ0v) is 14.0. The lowest BCUT2D eigenvalue weighted by molar-refractivity contribution is 0.0985. The van der Waals surface area contributed by atoms with E-state index in [2.05, 4.69) is 26.1 Å². The van der Waals surface area contributed by atoms with Gasteiger partial charge in [-0.2, -0.15) is 0 Å². The summed E-state index contributed by atoms with van der Waals surface area (Å²) in [6.45, 7) is 6.31. The zero-order valence-electron chi connectivity index (χ0n) is 14.0. The van der Waals surface area contributed by atoms with Gasteiger partial charge in [0.1, 0.15) is 11.9 Å². The van der Waals surface area contributed by atoms with Crippen LogP contribution in [0.25, 0.3) is 0 Å². The van der Waals surface area contributed by atoms with E-state index in [1.165, 1.54) is 0 Å². The molecule has 0 fully saturated rings. The van der Waals surface area contributed by atoms with Crippen molar-refractivity contribution in [3.63, 3.8) is 0 Å². The Morgan fingerprint density at radius 2 is 1.70 bits per heavy atom. The number of benzene rings is 2. The third kappa shape index (κ3) is 2.94. The second-order valence-corrected chi connectivity index (χ2v) is 6.76. The van der Waals surface area contributed by atoms with E-state index in [1.807, 2.05) is 53.4 Å². The zero-order chi connectivity index (χ0) is 16.6. The largest absolute Gasteiger partial charge is 0.497 e. The summed E-state index contributed by atoms with van der Waals surface area (Å²) in [5, 5.41) is 3.56. The molecule has 1 aliphatic rings. The highest BCUT2D eigenvalue weighted by atomic mass is 16.5. The molecule has 4 nitrogen and oxygen atoms in total. The van der Waals surface area contributed by atoms with Gasteiger partial charge in [-0.15, -0.1) is 0 Å². The fourth-order valence-electron chi connectivity index (χ4n) is 2.88. The predicted octanol–water partition coefficient (Wildman–Crippen LogP) is 3.74. The number of ether oxygens (including phenoxy) is 1. The minimum absolute atomic E-state index is 0.0208. The maximum absolute atomic E-state index is 12.9. The predicted molar refractivity (Wildman–Crippen MR) is 91.9 cm³/mol. The summed E-state index contributed by atoms with van der Waals surface area (Å²) >= 11 is 0. The summed E-state index contributed by atoms with van der Waals surface area (Å²) < 4.78 is 5.21. The Labute approximate surface area is 137 Å². The summed E-state index contributed by atoms with van der Waals surface area (Å²) in [5.74, 6) is 0.797. The monoisotopic (exact) mass is 310 g/mol. The number of carbonyl (C=O) groups is 1. The lowest BCUT2D eigenvalue weighted by Crippen LogP contribution is -2.45. The van der Waals surface area contributed by atoms with Gasteiger partial charge < -0.3 is 4.74 Å². The molecule has 0 bridgehead atoms. The first kappa shape index (κ1) is 15.6. The second-order valence-electron chi connectivity index (χ2n) is 6.76. The van der Waals surface area contributed by atoms with Crippen molar-refractivity contribution in [2.24, 2.45) is 0 Å². The van der Waals surface area contributed by atoms with Crippen molar-refractivity contribution in [3.05, 3.63) is 59.7 Å².